The number of aromatic hydroxyl groups is 1. The first-order valence-corrected chi connectivity index (χ1v) is 10.3. The molecule has 33 heavy (non-hydrogen) atoms. The van der Waals surface area contributed by atoms with Crippen LogP contribution in [0.1, 0.15) is 15.9 Å². The molecule has 7 heteroatoms. The predicted octanol–water partition coefficient (Wildman–Crippen LogP) is 5.43. The molecule has 0 fully saturated rings. The molecule has 0 atom stereocenters. The maximum atomic E-state index is 12.7. The van der Waals surface area contributed by atoms with E-state index in [1.165, 1.54) is 6.07 Å². The van der Waals surface area contributed by atoms with Gasteiger partial charge in [0.2, 0.25) is 5.89 Å². The molecular weight excluding hydrogens is 418 g/mol. The van der Waals surface area contributed by atoms with Gasteiger partial charge in [0, 0.05) is 29.6 Å². The molecule has 0 unspecified atom stereocenters. The van der Waals surface area contributed by atoms with E-state index in [4.69, 9.17) is 9.15 Å². The van der Waals surface area contributed by atoms with Crippen LogP contribution in [0.2, 0.25) is 0 Å². The molecular formula is C26H19N3O4. The Morgan fingerprint density at radius 3 is 2.70 bits per heavy atom. The first-order chi connectivity index (χ1) is 16.2. The van der Waals surface area contributed by atoms with Gasteiger partial charge in [-0.2, -0.15) is 0 Å². The summed E-state index contributed by atoms with van der Waals surface area (Å²) in [4.78, 5) is 21.1. The Bertz CT molecular complexity index is 1400. The van der Waals surface area contributed by atoms with Gasteiger partial charge >= 0.3 is 0 Å². The summed E-state index contributed by atoms with van der Waals surface area (Å²) in [7, 11) is 0. The standard InChI is InChI=1S/C26H19N3O4/c30-23-14-19(9-10-21(23)26-29-22-15-27-12-11-24(22)33-26)28-25(31)18-7-4-8-20(13-18)32-16-17-5-2-1-3-6-17/h1-15,30H,16H2,(H,28,31). The van der Waals surface area contributed by atoms with Crippen LogP contribution < -0.4 is 10.1 Å². The molecule has 2 aromatic heterocycles. The van der Waals surface area contributed by atoms with Gasteiger partial charge in [-0.05, 0) is 35.9 Å². The molecule has 3 aromatic carbocycles. The number of carbonyl (C=O) groups is 1. The van der Waals surface area contributed by atoms with Gasteiger partial charge in [-0.3, -0.25) is 9.78 Å². The summed E-state index contributed by atoms with van der Waals surface area (Å²) in [5.74, 6) is 0.485. The number of phenolic OH excluding ortho intramolecular Hbond substituents is 1. The lowest BCUT2D eigenvalue weighted by Gasteiger charge is -2.10. The Hall–Kier alpha value is -4.65. The van der Waals surface area contributed by atoms with E-state index >= 15 is 0 Å². The minimum atomic E-state index is -0.319. The Morgan fingerprint density at radius 1 is 1.00 bits per heavy atom. The van der Waals surface area contributed by atoms with Crippen molar-refractivity contribution in [3.8, 4) is 23.0 Å². The van der Waals surface area contributed by atoms with Crippen LogP contribution in [-0.2, 0) is 6.61 Å². The Labute approximate surface area is 189 Å². The zero-order chi connectivity index (χ0) is 22.6. The number of rotatable bonds is 6. The van der Waals surface area contributed by atoms with Gasteiger partial charge in [0.15, 0.2) is 5.58 Å². The van der Waals surface area contributed by atoms with Crippen LogP contribution in [0.5, 0.6) is 11.5 Å². The summed E-state index contributed by atoms with van der Waals surface area (Å²) < 4.78 is 11.5. The summed E-state index contributed by atoms with van der Waals surface area (Å²) in [5.41, 5.74) is 3.51. The molecule has 7 nitrogen and oxygen atoms in total. The van der Waals surface area contributed by atoms with Crippen molar-refractivity contribution in [3.63, 3.8) is 0 Å². The minimum Gasteiger partial charge on any atom is -0.507 e. The summed E-state index contributed by atoms with van der Waals surface area (Å²) in [6.07, 6.45) is 3.20. The van der Waals surface area contributed by atoms with Gasteiger partial charge < -0.3 is 19.6 Å². The average Bonchev–Trinajstić information content (AvgIpc) is 3.27. The van der Waals surface area contributed by atoms with Gasteiger partial charge in [0.25, 0.3) is 5.91 Å². The number of hydrogen-bond donors (Lipinski definition) is 2. The molecule has 0 bridgehead atoms. The molecule has 0 spiro atoms. The Balaban J connectivity index is 1.29. The monoisotopic (exact) mass is 437 g/mol. The van der Waals surface area contributed by atoms with Crippen molar-refractivity contribution >= 4 is 22.7 Å². The van der Waals surface area contributed by atoms with Crippen molar-refractivity contribution in [1.29, 1.82) is 0 Å². The van der Waals surface area contributed by atoms with Crippen molar-refractivity contribution in [2.45, 2.75) is 6.61 Å². The lowest BCUT2D eigenvalue weighted by molar-refractivity contribution is 0.102. The number of aromatic nitrogens is 2. The van der Waals surface area contributed by atoms with E-state index in [0.29, 0.717) is 40.3 Å². The zero-order valence-corrected chi connectivity index (χ0v) is 17.4. The third-order valence-corrected chi connectivity index (χ3v) is 5.02. The van der Waals surface area contributed by atoms with Crippen LogP contribution in [0.3, 0.4) is 0 Å². The average molecular weight is 437 g/mol. The van der Waals surface area contributed by atoms with Crippen molar-refractivity contribution in [3.05, 3.63) is 102 Å². The first kappa shape index (κ1) is 20.3. The van der Waals surface area contributed by atoms with Crippen LogP contribution in [0.15, 0.2) is 95.7 Å². The van der Waals surface area contributed by atoms with E-state index in [1.54, 1.807) is 54.9 Å². The van der Waals surface area contributed by atoms with E-state index in [0.717, 1.165) is 5.56 Å². The second kappa shape index (κ2) is 8.84. The SMILES string of the molecule is O=C(Nc1ccc(-c2nc3cnccc3o2)c(O)c1)c1cccc(OCc2ccccc2)c1. The molecule has 5 rings (SSSR count). The molecule has 2 heterocycles. The topological polar surface area (TPSA) is 97.5 Å². The number of phenols is 1. The zero-order valence-electron chi connectivity index (χ0n) is 17.4. The van der Waals surface area contributed by atoms with Crippen molar-refractivity contribution < 1.29 is 19.1 Å². The van der Waals surface area contributed by atoms with Crippen LogP contribution >= 0.6 is 0 Å². The van der Waals surface area contributed by atoms with Gasteiger partial charge in [0.1, 0.15) is 23.6 Å². The molecule has 0 radical (unpaired) electrons. The van der Waals surface area contributed by atoms with Crippen LogP contribution in [0, 0.1) is 0 Å². The number of carbonyl (C=O) groups excluding carboxylic acids is 1. The number of anilines is 1. The minimum absolute atomic E-state index is 0.0627. The molecule has 0 saturated heterocycles. The Kier molecular flexibility index (Phi) is 5.43. The summed E-state index contributed by atoms with van der Waals surface area (Å²) in [5, 5.41) is 13.3. The number of amides is 1. The van der Waals surface area contributed by atoms with E-state index in [2.05, 4.69) is 15.3 Å². The lowest BCUT2D eigenvalue weighted by atomic mass is 10.1. The number of nitrogens with one attached hydrogen (secondary N) is 1. The quantitative estimate of drug-likeness (QED) is 0.368. The van der Waals surface area contributed by atoms with Crippen LogP contribution in [-0.4, -0.2) is 21.0 Å². The highest BCUT2D eigenvalue weighted by Crippen LogP contribution is 2.33. The smallest absolute Gasteiger partial charge is 0.255 e. The van der Waals surface area contributed by atoms with Crippen molar-refractivity contribution in [1.82, 2.24) is 9.97 Å². The Morgan fingerprint density at radius 2 is 1.88 bits per heavy atom. The maximum absolute atomic E-state index is 12.7. The predicted molar refractivity (Wildman–Crippen MR) is 124 cm³/mol. The number of oxazole rings is 1. The molecule has 2 N–H and O–H groups in total. The van der Waals surface area contributed by atoms with E-state index in [-0.39, 0.29) is 17.5 Å². The molecule has 0 aliphatic heterocycles. The van der Waals surface area contributed by atoms with Crippen LogP contribution in [0.25, 0.3) is 22.6 Å². The number of nitrogens with zero attached hydrogens (tertiary/aromatic N) is 2. The highest BCUT2D eigenvalue weighted by atomic mass is 16.5. The number of pyridine rings is 1. The second-order valence-electron chi connectivity index (χ2n) is 7.35. The van der Waals surface area contributed by atoms with Gasteiger partial charge in [0.05, 0.1) is 11.8 Å². The third kappa shape index (κ3) is 4.52. The molecule has 1 amide bonds. The number of fused-ring (bicyclic) bond motifs is 1. The van der Waals surface area contributed by atoms with E-state index in [9.17, 15) is 9.90 Å². The maximum Gasteiger partial charge on any atom is 0.255 e. The molecule has 162 valence electrons. The van der Waals surface area contributed by atoms with Crippen molar-refractivity contribution in [2.75, 3.05) is 5.32 Å². The summed E-state index contributed by atoms with van der Waals surface area (Å²) in [6, 6.07) is 23.2. The third-order valence-electron chi connectivity index (χ3n) is 5.02. The number of ether oxygens (including phenoxy) is 1. The second-order valence-corrected chi connectivity index (χ2v) is 7.35. The highest BCUT2D eigenvalue weighted by molar-refractivity contribution is 6.04. The summed E-state index contributed by atoms with van der Waals surface area (Å²) >= 11 is 0. The highest BCUT2D eigenvalue weighted by Gasteiger charge is 2.14. The fraction of sp³-hybridized carbons (Fsp3) is 0.0385. The number of benzene rings is 3. The molecule has 0 aliphatic rings. The fourth-order valence-electron chi connectivity index (χ4n) is 3.36. The molecule has 5 aromatic rings. The lowest BCUT2D eigenvalue weighted by Crippen LogP contribution is -2.12. The fourth-order valence-corrected chi connectivity index (χ4v) is 3.36. The van der Waals surface area contributed by atoms with E-state index < -0.39 is 0 Å². The van der Waals surface area contributed by atoms with Crippen molar-refractivity contribution in [2.24, 2.45) is 0 Å². The van der Waals surface area contributed by atoms with Gasteiger partial charge in [-0.25, -0.2) is 4.98 Å². The first-order valence-electron chi connectivity index (χ1n) is 10.3. The van der Waals surface area contributed by atoms with Crippen LogP contribution in [0.4, 0.5) is 5.69 Å². The molecule has 0 aliphatic carbocycles. The largest absolute Gasteiger partial charge is 0.507 e. The number of hydrogen-bond acceptors (Lipinski definition) is 6. The molecule has 0 saturated carbocycles. The van der Waals surface area contributed by atoms with Gasteiger partial charge in [-0.15, -0.1) is 0 Å². The van der Waals surface area contributed by atoms with E-state index in [1.807, 2.05) is 30.3 Å². The summed E-state index contributed by atoms with van der Waals surface area (Å²) in [6.45, 7) is 0.410. The normalized spacial score (nSPS) is 10.8. The van der Waals surface area contributed by atoms with Gasteiger partial charge in [-0.1, -0.05) is 36.4 Å².